The first-order valence-corrected chi connectivity index (χ1v) is 8.73. The largest absolute Gasteiger partial charge is 0.339 e. The Kier molecular flexibility index (Phi) is 6.07. The maximum atomic E-state index is 13.2. The molecule has 0 unspecified atom stereocenters. The molecular formula is C14H27N2OP+2. The summed E-state index contributed by atoms with van der Waals surface area (Å²) < 4.78 is 13.2. The predicted octanol–water partition coefficient (Wildman–Crippen LogP) is -1.04. The maximum absolute atomic E-state index is 13.2. The summed E-state index contributed by atoms with van der Waals surface area (Å²) in [6.07, 6.45) is 1.62. The fourth-order valence-electron chi connectivity index (χ4n) is 1.88. The highest BCUT2D eigenvalue weighted by Crippen LogP contribution is 2.42. The van der Waals surface area contributed by atoms with Crippen molar-refractivity contribution in [2.75, 3.05) is 53.6 Å². The summed E-state index contributed by atoms with van der Waals surface area (Å²) in [7, 11) is 6.25. The van der Waals surface area contributed by atoms with Crippen LogP contribution in [0.15, 0.2) is 30.3 Å². The average molecular weight is 270 g/mol. The molecule has 0 amide bonds. The molecule has 1 aromatic carbocycles. The summed E-state index contributed by atoms with van der Waals surface area (Å²) in [5.41, 5.74) is 0. The summed E-state index contributed by atoms with van der Waals surface area (Å²) in [6.45, 7) is 1.93. The van der Waals surface area contributed by atoms with Crippen molar-refractivity contribution in [2.45, 2.75) is 0 Å². The fourth-order valence-corrected chi connectivity index (χ4v) is 4.95. The van der Waals surface area contributed by atoms with Gasteiger partial charge in [-0.15, -0.1) is 0 Å². The van der Waals surface area contributed by atoms with Crippen molar-refractivity contribution in [1.29, 1.82) is 0 Å². The number of hydrogen-bond donors (Lipinski definition) is 2. The van der Waals surface area contributed by atoms with E-state index < -0.39 is 7.14 Å². The molecule has 0 atom stereocenters. The van der Waals surface area contributed by atoms with Crippen LogP contribution in [-0.2, 0) is 4.57 Å². The third-order valence-corrected chi connectivity index (χ3v) is 6.30. The quantitative estimate of drug-likeness (QED) is 0.609. The van der Waals surface area contributed by atoms with Crippen molar-refractivity contribution in [2.24, 2.45) is 0 Å². The van der Waals surface area contributed by atoms with Crippen molar-refractivity contribution in [1.82, 2.24) is 0 Å². The van der Waals surface area contributed by atoms with Crippen LogP contribution in [0.1, 0.15) is 0 Å². The number of benzene rings is 1. The predicted molar refractivity (Wildman–Crippen MR) is 78.8 cm³/mol. The number of rotatable bonds is 7. The molecule has 0 radical (unpaired) electrons. The van der Waals surface area contributed by atoms with Gasteiger partial charge in [-0.3, -0.25) is 0 Å². The van der Waals surface area contributed by atoms with Gasteiger partial charge in [0.1, 0.15) is 7.14 Å². The lowest BCUT2D eigenvalue weighted by Crippen LogP contribution is -3.06. The second kappa shape index (κ2) is 7.08. The van der Waals surface area contributed by atoms with Gasteiger partial charge >= 0.3 is 0 Å². The van der Waals surface area contributed by atoms with E-state index in [4.69, 9.17) is 0 Å². The van der Waals surface area contributed by atoms with Gasteiger partial charge in [-0.25, -0.2) is 0 Å². The highest BCUT2D eigenvalue weighted by atomic mass is 31.2. The van der Waals surface area contributed by atoms with Crippen molar-refractivity contribution < 1.29 is 14.4 Å². The standard InChI is InChI=1S/C14H25N2OP/c1-15(2)10-12-18(17,13-11-16(3)4)14-8-6-5-7-9-14/h5-9H,10-13H2,1-4H3/p+2. The molecule has 0 aromatic heterocycles. The molecule has 0 bridgehead atoms. The highest BCUT2D eigenvalue weighted by molar-refractivity contribution is 7.71. The first kappa shape index (κ1) is 15.4. The van der Waals surface area contributed by atoms with Crippen LogP contribution >= 0.6 is 7.14 Å². The van der Waals surface area contributed by atoms with Crippen molar-refractivity contribution in [3.63, 3.8) is 0 Å². The molecule has 18 heavy (non-hydrogen) atoms. The van der Waals surface area contributed by atoms with Gasteiger partial charge in [0.05, 0.1) is 53.6 Å². The van der Waals surface area contributed by atoms with Crippen molar-refractivity contribution in [3.05, 3.63) is 30.3 Å². The minimum Gasteiger partial charge on any atom is -0.339 e. The molecule has 1 aromatic rings. The number of nitrogens with one attached hydrogen (secondary N) is 2. The minimum atomic E-state index is -2.22. The van der Waals surface area contributed by atoms with Gasteiger partial charge in [-0.05, 0) is 0 Å². The third-order valence-electron chi connectivity index (χ3n) is 3.17. The van der Waals surface area contributed by atoms with Crippen LogP contribution in [-0.4, -0.2) is 53.6 Å². The van der Waals surface area contributed by atoms with Gasteiger partial charge in [0.25, 0.3) is 0 Å². The zero-order valence-electron chi connectivity index (χ0n) is 12.1. The average Bonchev–Trinajstić information content (AvgIpc) is 2.35. The first-order chi connectivity index (χ1) is 8.44. The molecule has 0 heterocycles. The van der Waals surface area contributed by atoms with Crippen molar-refractivity contribution in [3.8, 4) is 0 Å². The van der Waals surface area contributed by atoms with E-state index in [1.807, 2.05) is 30.3 Å². The van der Waals surface area contributed by atoms with Crippen LogP contribution in [0.2, 0.25) is 0 Å². The third kappa shape index (κ3) is 4.93. The van der Waals surface area contributed by atoms with Crippen molar-refractivity contribution >= 4 is 12.4 Å². The van der Waals surface area contributed by atoms with E-state index in [1.165, 1.54) is 9.80 Å². The lowest BCUT2D eigenvalue weighted by molar-refractivity contribution is -0.856. The van der Waals surface area contributed by atoms with Crippen LogP contribution in [0.4, 0.5) is 0 Å². The van der Waals surface area contributed by atoms with Gasteiger partial charge in [0.15, 0.2) is 0 Å². The molecule has 0 saturated heterocycles. The van der Waals surface area contributed by atoms with Crippen LogP contribution in [0, 0.1) is 0 Å². The molecule has 3 nitrogen and oxygen atoms in total. The van der Waals surface area contributed by atoms with Gasteiger partial charge in [-0.1, -0.05) is 30.3 Å². The lowest BCUT2D eigenvalue weighted by Gasteiger charge is -2.20. The van der Waals surface area contributed by atoms with E-state index >= 15 is 0 Å². The van der Waals surface area contributed by atoms with E-state index in [1.54, 1.807) is 0 Å². The first-order valence-electron chi connectivity index (χ1n) is 6.66. The smallest absolute Gasteiger partial charge is 0.126 e. The zero-order valence-corrected chi connectivity index (χ0v) is 13.0. The van der Waals surface area contributed by atoms with Crippen LogP contribution < -0.4 is 15.1 Å². The van der Waals surface area contributed by atoms with E-state index in [2.05, 4.69) is 28.2 Å². The molecule has 0 aliphatic heterocycles. The molecule has 0 aliphatic carbocycles. The Morgan fingerprint density at radius 2 is 1.33 bits per heavy atom. The molecule has 1 rings (SSSR count). The molecule has 4 heteroatoms. The van der Waals surface area contributed by atoms with Gasteiger partial charge in [-0.2, -0.15) is 0 Å². The van der Waals surface area contributed by atoms with E-state index in [0.29, 0.717) is 0 Å². The monoisotopic (exact) mass is 270 g/mol. The minimum absolute atomic E-state index is 0.812. The molecule has 0 saturated carbocycles. The Labute approximate surface area is 111 Å². The lowest BCUT2D eigenvalue weighted by atomic mass is 10.4. The zero-order chi connectivity index (χ0) is 13.6. The Morgan fingerprint density at radius 3 is 1.72 bits per heavy atom. The second-order valence-electron chi connectivity index (χ2n) is 5.59. The topological polar surface area (TPSA) is 26.0 Å². The molecule has 0 spiro atoms. The highest BCUT2D eigenvalue weighted by Gasteiger charge is 2.26. The number of quaternary nitrogens is 2. The second-order valence-corrected chi connectivity index (χ2v) is 8.78. The maximum Gasteiger partial charge on any atom is 0.126 e. The Morgan fingerprint density at radius 1 is 0.889 bits per heavy atom. The molecule has 0 aliphatic rings. The van der Waals surface area contributed by atoms with E-state index in [9.17, 15) is 4.57 Å². The van der Waals surface area contributed by atoms with Gasteiger partial charge < -0.3 is 14.4 Å². The van der Waals surface area contributed by atoms with Crippen LogP contribution in [0.25, 0.3) is 0 Å². The Balaban J connectivity index is 2.83. The summed E-state index contributed by atoms with van der Waals surface area (Å²) in [4.78, 5) is 2.73. The van der Waals surface area contributed by atoms with Crippen LogP contribution in [0.5, 0.6) is 0 Å². The van der Waals surface area contributed by atoms with E-state index in [-0.39, 0.29) is 0 Å². The van der Waals surface area contributed by atoms with Gasteiger partial charge in [0.2, 0.25) is 0 Å². The SMILES string of the molecule is C[NH+](C)CCP(=O)(CC[NH+](C)C)c1ccccc1. The van der Waals surface area contributed by atoms with Crippen LogP contribution in [0.3, 0.4) is 0 Å². The van der Waals surface area contributed by atoms with Gasteiger partial charge in [0, 0.05) is 5.30 Å². The molecule has 2 N–H and O–H groups in total. The summed E-state index contributed by atoms with van der Waals surface area (Å²) in [5.74, 6) is 0. The summed E-state index contributed by atoms with van der Waals surface area (Å²) >= 11 is 0. The Bertz CT molecular complexity index is 374. The fraction of sp³-hybridized carbons (Fsp3) is 0.571. The molecule has 0 fully saturated rings. The summed E-state index contributed by atoms with van der Waals surface area (Å²) in [5, 5.41) is 1.05. The van der Waals surface area contributed by atoms with E-state index in [0.717, 1.165) is 30.7 Å². The number of hydrogen-bond acceptors (Lipinski definition) is 1. The summed E-state index contributed by atoms with van der Waals surface area (Å²) in [6, 6.07) is 10.0. The molecular weight excluding hydrogens is 243 g/mol. The normalized spacial score (nSPS) is 12.3. The molecule has 102 valence electrons. The Hall–Kier alpha value is -0.630.